The van der Waals surface area contributed by atoms with Crippen LogP contribution >= 0.6 is 0 Å². The molecule has 2 aromatic heterocycles. The van der Waals surface area contributed by atoms with Crippen LogP contribution in [0.4, 0.5) is 4.79 Å². The van der Waals surface area contributed by atoms with Crippen LogP contribution < -0.4 is 5.32 Å². The summed E-state index contributed by atoms with van der Waals surface area (Å²) in [6, 6.07) is 8.03. The summed E-state index contributed by atoms with van der Waals surface area (Å²) in [4.78, 5) is 18.7. The van der Waals surface area contributed by atoms with E-state index in [-0.39, 0.29) is 12.0 Å². The monoisotopic (exact) mass is 426 g/mol. The number of likely N-dealkylation sites (tertiary alicyclic amines) is 1. The van der Waals surface area contributed by atoms with Gasteiger partial charge in [-0.3, -0.25) is 0 Å². The highest BCUT2D eigenvalue weighted by molar-refractivity contribution is 5.82. The SMILES string of the molecule is Cc1nn(-c2noc(C3CCN(CCNC(=O)OC(C)(C)C)CC3)n2)c2ccccc12. The van der Waals surface area contributed by atoms with Gasteiger partial charge >= 0.3 is 6.09 Å². The van der Waals surface area contributed by atoms with Crippen LogP contribution in [0.1, 0.15) is 51.1 Å². The molecule has 9 nitrogen and oxygen atoms in total. The highest BCUT2D eigenvalue weighted by Gasteiger charge is 2.26. The number of hydrogen-bond donors (Lipinski definition) is 1. The van der Waals surface area contributed by atoms with Crippen LogP contribution in [0.3, 0.4) is 0 Å². The number of ether oxygens (including phenoxy) is 1. The van der Waals surface area contributed by atoms with E-state index in [0.29, 0.717) is 18.4 Å². The number of hydrogen-bond acceptors (Lipinski definition) is 7. The first-order chi connectivity index (χ1) is 14.8. The van der Waals surface area contributed by atoms with Crippen LogP contribution in [0.15, 0.2) is 28.8 Å². The third-order valence-corrected chi connectivity index (χ3v) is 5.43. The first-order valence-electron chi connectivity index (χ1n) is 10.8. The molecule has 0 atom stereocenters. The van der Waals surface area contributed by atoms with Crippen molar-refractivity contribution in [2.24, 2.45) is 0 Å². The lowest BCUT2D eigenvalue weighted by Crippen LogP contribution is -2.40. The molecule has 0 unspecified atom stereocenters. The van der Waals surface area contributed by atoms with Crippen LogP contribution in [0, 0.1) is 6.92 Å². The molecule has 0 spiro atoms. The molecule has 0 aliphatic carbocycles. The number of benzene rings is 1. The average Bonchev–Trinajstić information content (AvgIpc) is 3.33. The Kier molecular flexibility index (Phi) is 5.95. The molecule has 166 valence electrons. The van der Waals surface area contributed by atoms with E-state index in [2.05, 4.69) is 25.5 Å². The number of para-hydroxylation sites is 1. The van der Waals surface area contributed by atoms with E-state index in [1.807, 2.05) is 52.0 Å². The van der Waals surface area contributed by atoms with Gasteiger partial charge < -0.3 is 19.5 Å². The Labute approximate surface area is 181 Å². The molecule has 0 saturated carbocycles. The van der Waals surface area contributed by atoms with Crippen molar-refractivity contribution in [3.05, 3.63) is 35.9 Å². The van der Waals surface area contributed by atoms with Crippen LogP contribution in [0.25, 0.3) is 16.9 Å². The molecule has 3 aromatic rings. The van der Waals surface area contributed by atoms with Gasteiger partial charge in [-0.05, 0) is 64.8 Å². The number of nitrogens with one attached hydrogen (secondary N) is 1. The Hall–Kier alpha value is -2.94. The smallest absolute Gasteiger partial charge is 0.407 e. The summed E-state index contributed by atoms with van der Waals surface area (Å²) in [5, 5.41) is 12.7. The van der Waals surface area contributed by atoms with Crippen LogP contribution in [0.2, 0.25) is 0 Å². The van der Waals surface area contributed by atoms with Gasteiger partial charge in [0, 0.05) is 24.4 Å². The summed E-state index contributed by atoms with van der Waals surface area (Å²) in [5.74, 6) is 1.38. The number of alkyl carbamates (subject to hydrolysis) is 1. The normalized spacial score (nSPS) is 16.0. The maximum atomic E-state index is 11.8. The molecule has 3 heterocycles. The second kappa shape index (κ2) is 8.66. The number of aromatic nitrogens is 4. The summed E-state index contributed by atoms with van der Waals surface area (Å²) in [7, 11) is 0. The summed E-state index contributed by atoms with van der Waals surface area (Å²) < 4.78 is 12.6. The molecule has 0 bridgehead atoms. The third kappa shape index (κ3) is 5.04. The first kappa shape index (κ1) is 21.3. The molecule has 0 radical (unpaired) electrons. The second-order valence-corrected chi connectivity index (χ2v) is 8.99. The van der Waals surface area contributed by atoms with E-state index in [0.717, 1.165) is 49.1 Å². The van der Waals surface area contributed by atoms with Gasteiger partial charge in [0.05, 0.1) is 11.2 Å². The van der Waals surface area contributed by atoms with Crippen molar-refractivity contribution >= 4 is 17.0 Å². The molecule has 1 amide bonds. The molecular formula is C22H30N6O3. The highest BCUT2D eigenvalue weighted by Crippen LogP contribution is 2.28. The first-order valence-corrected chi connectivity index (χ1v) is 10.8. The second-order valence-electron chi connectivity index (χ2n) is 8.99. The zero-order valence-corrected chi connectivity index (χ0v) is 18.6. The Morgan fingerprint density at radius 2 is 2.00 bits per heavy atom. The zero-order chi connectivity index (χ0) is 22.0. The molecule has 4 rings (SSSR count). The molecule has 1 aliphatic heterocycles. The number of carbonyl (C=O) groups excluding carboxylic acids is 1. The average molecular weight is 427 g/mol. The summed E-state index contributed by atoms with van der Waals surface area (Å²) in [6.07, 6.45) is 1.50. The lowest BCUT2D eigenvalue weighted by atomic mass is 9.97. The standard InChI is InChI=1S/C22H30N6O3/c1-15-17-7-5-6-8-18(17)28(25-15)20-24-19(31-26-20)16-9-12-27(13-10-16)14-11-23-21(29)30-22(2,3)4/h5-8,16H,9-14H2,1-4H3,(H,23,29). The van der Waals surface area contributed by atoms with E-state index in [4.69, 9.17) is 9.26 Å². The summed E-state index contributed by atoms with van der Waals surface area (Å²) >= 11 is 0. The number of rotatable bonds is 5. The lowest BCUT2D eigenvalue weighted by molar-refractivity contribution is 0.0520. The Bertz CT molecular complexity index is 1040. The van der Waals surface area contributed by atoms with Gasteiger partial charge in [-0.15, -0.1) is 0 Å². The van der Waals surface area contributed by atoms with Crippen molar-refractivity contribution in [2.75, 3.05) is 26.2 Å². The number of fused-ring (bicyclic) bond motifs is 1. The number of aryl methyl sites for hydroxylation is 1. The number of carbonyl (C=O) groups is 1. The minimum atomic E-state index is -0.480. The van der Waals surface area contributed by atoms with Crippen molar-refractivity contribution in [3.8, 4) is 5.95 Å². The molecule has 1 fully saturated rings. The van der Waals surface area contributed by atoms with Crippen LogP contribution in [0.5, 0.6) is 0 Å². The molecule has 1 aliphatic rings. The zero-order valence-electron chi connectivity index (χ0n) is 18.6. The number of piperidine rings is 1. The molecule has 1 N–H and O–H groups in total. The number of amides is 1. The van der Waals surface area contributed by atoms with Crippen molar-refractivity contribution < 1.29 is 14.1 Å². The maximum absolute atomic E-state index is 11.8. The molecular weight excluding hydrogens is 396 g/mol. The molecule has 1 saturated heterocycles. The van der Waals surface area contributed by atoms with E-state index < -0.39 is 5.60 Å². The fourth-order valence-corrected chi connectivity index (χ4v) is 3.89. The van der Waals surface area contributed by atoms with Gasteiger partial charge in [-0.2, -0.15) is 14.8 Å². The maximum Gasteiger partial charge on any atom is 0.407 e. The van der Waals surface area contributed by atoms with Crippen LogP contribution in [-0.2, 0) is 4.74 Å². The van der Waals surface area contributed by atoms with Gasteiger partial charge in [-0.25, -0.2) is 4.79 Å². The topological polar surface area (TPSA) is 98.3 Å². The van der Waals surface area contributed by atoms with Gasteiger partial charge in [0.25, 0.3) is 5.95 Å². The third-order valence-electron chi connectivity index (χ3n) is 5.43. The Morgan fingerprint density at radius 1 is 1.26 bits per heavy atom. The van der Waals surface area contributed by atoms with Gasteiger partial charge in [-0.1, -0.05) is 18.2 Å². The Morgan fingerprint density at radius 3 is 2.74 bits per heavy atom. The van der Waals surface area contributed by atoms with E-state index >= 15 is 0 Å². The van der Waals surface area contributed by atoms with Gasteiger partial charge in [0.1, 0.15) is 5.60 Å². The number of nitrogens with zero attached hydrogens (tertiary/aromatic N) is 5. The van der Waals surface area contributed by atoms with Gasteiger partial charge in [0.2, 0.25) is 5.89 Å². The predicted molar refractivity (Wildman–Crippen MR) is 116 cm³/mol. The largest absolute Gasteiger partial charge is 0.444 e. The van der Waals surface area contributed by atoms with Crippen molar-refractivity contribution in [2.45, 2.75) is 52.1 Å². The minimum Gasteiger partial charge on any atom is -0.444 e. The Balaban J connectivity index is 1.30. The van der Waals surface area contributed by atoms with Crippen LogP contribution in [-0.4, -0.2) is 62.7 Å². The van der Waals surface area contributed by atoms with E-state index in [1.165, 1.54) is 0 Å². The van der Waals surface area contributed by atoms with Crippen molar-refractivity contribution in [1.82, 2.24) is 30.1 Å². The lowest BCUT2D eigenvalue weighted by Gasteiger charge is -2.30. The van der Waals surface area contributed by atoms with Crippen molar-refractivity contribution in [1.29, 1.82) is 0 Å². The van der Waals surface area contributed by atoms with E-state index in [9.17, 15) is 4.79 Å². The minimum absolute atomic E-state index is 0.235. The highest BCUT2D eigenvalue weighted by atomic mass is 16.6. The van der Waals surface area contributed by atoms with Gasteiger partial charge in [0.15, 0.2) is 0 Å². The molecule has 9 heteroatoms. The summed E-state index contributed by atoms with van der Waals surface area (Å²) in [5.41, 5.74) is 1.43. The fraction of sp³-hybridized carbons (Fsp3) is 0.545. The van der Waals surface area contributed by atoms with E-state index in [1.54, 1.807) is 4.68 Å². The quantitative estimate of drug-likeness (QED) is 0.667. The van der Waals surface area contributed by atoms with Crippen molar-refractivity contribution in [3.63, 3.8) is 0 Å². The fourth-order valence-electron chi connectivity index (χ4n) is 3.89. The molecule has 1 aromatic carbocycles. The molecule has 31 heavy (non-hydrogen) atoms. The predicted octanol–water partition coefficient (Wildman–Crippen LogP) is 3.42. The summed E-state index contributed by atoms with van der Waals surface area (Å²) in [6.45, 7) is 10.7.